The van der Waals surface area contributed by atoms with Gasteiger partial charge in [-0.15, -0.1) is 0 Å². The molecule has 0 unspecified atom stereocenters. The van der Waals surface area contributed by atoms with E-state index in [0.29, 0.717) is 17.0 Å². The second kappa shape index (κ2) is 8.80. The summed E-state index contributed by atoms with van der Waals surface area (Å²) in [6, 6.07) is 15.2. The monoisotopic (exact) mass is 396 g/mol. The average molecular weight is 397 g/mol. The van der Waals surface area contributed by atoms with Crippen molar-refractivity contribution in [3.63, 3.8) is 0 Å². The number of aromatic nitrogens is 1. The largest absolute Gasteiger partial charge is 0.491 e. The van der Waals surface area contributed by atoms with E-state index in [4.69, 9.17) is 16.3 Å². The molecule has 0 spiro atoms. The normalized spacial score (nSPS) is 15.0. The summed E-state index contributed by atoms with van der Waals surface area (Å²) in [5.74, 6) is 0.719. The number of hydrogen-bond acceptors (Lipinski definition) is 3. The molecule has 1 aliphatic rings. The summed E-state index contributed by atoms with van der Waals surface area (Å²) < 4.78 is 6.25. The molecule has 2 aromatic carbocycles. The maximum absolute atomic E-state index is 12.6. The van der Waals surface area contributed by atoms with Crippen molar-refractivity contribution in [3.8, 4) is 17.0 Å². The van der Waals surface area contributed by atoms with Crippen LogP contribution in [0, 0.1) is 0 Å². The van der Waals surface area contributed by atoms with Gasteiger partial charge in [0.25, 0.3) is 5.56 Å². The van der Waals surface area contributed by atoms with Gasteiger partial charge in [0.1, 0.15) is 0 Å². The number of halogens is 1. The first kappa shape index (κ1) is 19.0. The molecule has 0 bridgehead atoms. The molecular weight excluding hydrogens is 372 g/mol. The Labute approximate surface area is 170 Å². The summed E-state index contributed by atoms with van der Waals surface area (Å²) in [6.45, 7) is 4.04. The Morgan fingerprint density at radius 2 is 1.79 bits per heavy atom. The zero-order valence-corrected chi connectivity index (χ0v) is 16.7. The van der Waals surface area contributed by atoms with Gasteiger partial charge in [0.15, 0.2) is 5.75 Å². The van der Waals surface area contributed by atoms with Crippen molar-refractivity contribution >= 4 is 22.4 Å². The van der Waals surface area contributed by atoms with E-state index < -0.39 is 0 Å². The second-order valence-electron chi connectivity index (χ2n) is 7.32. The van der Waals surface area contributed by atoms with Crippen molar-refractivity contribution < 1.29 is 4.74 Å². The van der Waals surface area contributed by atoms with Gasteiger partial charge in [0.2, 0.25) is 0 Å². The molecule has 1 aliphatic heterocycles. The molecule has 0 radical (unpaired) electrons. The molecule has 0 amide bonds. The molecule has 28 heavy (non-hydrogen) atoms. The van der Waals surface area contributed by atoms with Gasteiger partial charge in [-0.05, 0) is 50.6 Å². The zero-order chi connectivity index (χ0) is 19.3. The van der Waals surface area contributed by atoms with Crippen LogP contribution in [0.25, 0.3) is 22.0 Å². The smallest absolute Gasteiger partial charge is 0.256 e. The highest BCUT2D eigenvalue weighted by atomic mass is 35.5. The minimum absolute atomic E-state index is 0.156. The number of nitrogens with zero attached hydrogens (tertiary/aromatic N) is 1. The van der Waals surface area contributed by atoms with Crippen LogP contribution in [0.4, 0.5) is 0 Å². The topological polar surface area (TPSA) is 45.3 Å². The van der Waals surface area contributed by atoms with Crippen LogP contribution in [-0.4, -0.2) is 36.1 Å². The Morgan fingerprint density at radius 3 is 2.57 bits per heavy atom. The molecule has 1 saturated heterocycles. The van der Waals surface area contributed by atoms with E-state index in [1.165, 1.54) is 32.4 Å². The predicted octanol–water partition coefficient (Wildman–Crippen LogP) is 5.10. The number of fused-ring (bicyclic) bond motifs is 1. The fraction of sp³-hybridized carbons (Fsp3) is 0.348. The first-order chi connectivity index (χ1) is 13.7. The van der Waals surface area contributed by atoms with E-state index in [1.54, 1.807) is 12.1 Å². The maximum Gasteiger partial charge on any atom is 0.256 e. The number of H-pyrrole nitrogens is 1. The van der Waals surface area contributed by atoms with Crippen LogP contribution in [0.1, 0.15) is 25.7 Å². The van der Waals surface area contributed by atoms with Crippen molar-refractivity contribution in [2.75, 3.05) is 26.2 Å². The molecule has 4 rings (SSSR count). The minimum atomic E-state index is -0.156. The molecule has 1 N–H and O–H groups in total. The lowest BCUT2D eigenvalue weighted by Gasteiger charge is -2.26. The van der Waals surface area contributed by atoms with E-state index in [0.717, 1.165) is 35.4 Å². The number of aromatic amines is 1. The highest BCUT2D eigenvalue weighted by Gasteiger charge is 2.15. The number of pyridine rings is 1. The third kappa shape index (κ3) is 4.23. The fourth-order valence-corrected chi connectivity index (χ4v) is 4.05. The van der Waals surface area contributed by atoms with Gasteiger partial charge in [-0.3, -0.25) is 4.79 Å². The van der Waals surface area contributed by atoms with Crippen molar-refractivity contribution in [1.29, 1.82) is 0 Å². The van der Waals surface area contributed by atoms with Gasteiger partial charge in [-0.1, -0.05) is 48.4 Å². The number of likely N-dealkylation sites (tertiary alicyclic amines) is 1. The van der Waals surface area contributed by atoms with Crippen LogP contribution < -0.4 is 10.3 Å². The quantitative estimate of drug-likeness (QED) is 0.589. The molecule has 3 aromatic rings. The SMILES string of the molecule is O=c1[nH]c(-c2ccccc2)c(OCCCN2CCCCC2)c2ccc(Cl)cc12. The van der Waals surface area contributed by atoms with E-state index >= 15 is 0 Å². The minimum Gasteiger partial charge on any atom is -0.491 e. The van der Waals surface area contributed by atoms with E-state index in [1.807, 2.05) is 36.4 Å². The third-order valence-electron chi connectivity index (χ3n) is 5.31. The first-order valence-corrected chi connectivity index (χ1v) is 10.4. The Kier molecular flexibility index (Phi) is 5.98. The van der Waals surface area contributed by atoms with Gasteiger partial charge >= 0.3 is 0 Å². The van der Waals surface area contributed by atoms with Gasteiger partial charge in [0, 0.05) is 22.5 Å². The summed E-state index contributed by atoms with van der Waals surface area (Å²) in [6.07, 6.45) is 4.90. The van der Waals surface area contributed by atoms with E-state index in [9.17, 15) is 4.79 Å². The highest BCUT2D eigenvalue weighted by Crippen LogP contribution is 2.34. The number of ether oxygens (including phenoxy) is 1. The van der Waals surface area contributed by atoms with Crippen molar-refractivity contribution in [3.05, 3.63) is 63.9 Å². The lowest BCUT2D eigenvalue weighted by molar-refractivity contribution is 0.205. The molecule has 146 valence electrons. The van der Waals surface area contributed by atoms with Gasteiger partial charge in [0.05, 0.1) is 17.7 Å². The molecular formula is C23H25ClN2O2. The van der Waals surface area contributed by atoms with Gasteiger partial charge in [-0.25, -0.2) is 0 Å². The molecule has 5 heteroatoms. The summed E-state index contributed by atoms with van der Waals surface area (Å²) in [5.41, 5.74) is 1.50. The second-order valence-corrected chi connectivity index (χ2v) is 7.75. The van der Waals surface area contributed by atoms with E-state index in [2.05, 4.69) is 9.88 Å². The molecule has 4 nitrogen and oxygen atoms in total. The van der Waals surface area contributed by atoms with Crippen LogP contribution in [-0.2, 0) is 0 Å². The summed E-state index contributed by atoms with van der Waals surface area (Å²) >= 11 is 6.11. The molecule has 0 aliphatic carbocycles. The zero-order valence-electron chi connectivity index (χ0n) is 15.9. The van der Waals surface area contributed by atoms with Crippen LogP contribution >= 0.6 is 11.6 Å². The van der Waals surface area contributed by atoms with Gasteiger partial charge < -0.3 is 14.6 Å². The standard InChI is InChI=1S/C23H25ClN2O2/c24-18-10-11-19-20(16-18)23(27)25-21(17-8-3-1-4-9-17)22(19)28-15-7-14-26-12-5-2-6-13-26/h1,3-4,8-11,16H,2,5-7,12-15H2,(H,25,27). The number of hydrogen-bond donors (Lipinski definition) is 1. The van der Waals surface area contributed by atoms with Crippen LogP contribution in [0.2, 0.25) is 5.02 Å². The van der Waals surface area contributed by atoms with Gasteiger partial charge in [-0.2, -0.15) is 0 Å². The fourth-order valence-electron chi connectivity index (χ4n) is 3.88. The Bertz CT molecular complexity index is 995. The molecule has 1 aromatic heterocycles. The van der Waals surface area contributed by atoms with Crippen molar-refractivity contribution in [2.24, 2.45) is 0 Å². The number of nitrogens with one attached hydrogen (secondary N) is 1. The summed E-state index contributed by atoms with van der Waals surface area (Å²) in [5, 5.41) is 1.89. The summed E-state index contributed by atoms with van der Waals surface area (Å²) in [4.78, 5) is 18.2. The van der Waals surface area contributed by atoms with Crippen LogP contribution in [0.3, 0.4) is 0 Å². The van der Waals surface area contributed by atoms with E-state index in [-0.39, 0.29) is 5.56 Å². The molecule has 1 fully saturated rings. The Hall–Kier alpha value is -2.30. The van der Waals surface area contributed by atoms with Crippen molar-refractivity contribution in [2.45, 2.75) is 25.7 Å². The Balaban J connectivity index is 1.62. The Morgan fingerprint density at radius 1 is 1.00 bits per heavy atom. The first-order valence-electron chi connectivity index (χ1n) is 9.98. The third-order valence-corrected chi connectivity index (χ3v) is 5.55. The highest BCUT2D eigenvalue weighted by molar-refractivity contribution is 6.31. The number of benzene rings is 2. The number of piperidine rings is 1. The summed E-state index contributed by atoms with van der Waals surface area (Å²) in [7, 11) is 0. The maximum atomic E-state index is 12.6. The van der Waals surface area contributed by atoms with Crippen LogP contribution in [0.15, 0.2) is 53.3 Å². The molecule has 0 atom stereocenters. The molecule has 0 saturated carbocycles. The lowest BCUT2D eigenvalue weighted by Crippen LogP contribution is -2.31. The lowest BCUT2D eigenvalue weighted by atomic mass is 10.1. The predicted molar refractivity (Wildman–Crippen MR) is 115 cm³/mol. The number of rotatable bonds is 6. The molecule has 2 heterocycles. The average Bonchev–Trinajstić information content (AvgIpc) is 2.74. The van der Waals surface area contributed by atoms with Crippen LogP contribution in [0.5, 0.6) is 5.75 Å². The van der Waals surface area contributed by atoms with Crippen molar-refractivity contribution in [1.82, 2.24) is 9.88 Å².